The summed E-state index contributed by atoms with van der Waals surface area (Å²) in [5.74, 6) is 1.11. The van der Waals surface area contributed by atoms with Crippen LogP contribution in [0.4, 0.5) is 5.13 Å². The van der Waals surface area contributed by atoms with E-state index < -0.39 is 0 Å². The number of amides is 1. The van der Waals surface area contributed by atoms with Crippen LogP contribution in [0, 0.1) is 6.92 Å². The number of nitrogens with one attached hydrogen (secondary N) is 2. The summed E-state index contributed by atoms with van der Waals surface area (Å²) in [5.41, 5.74) is 6.45. The van der Waals surface area contributed by atoms with Gasteiger partial charge < -0.3 is 15.5 Å². The highest BCUT2D eigenvalue weighted by Gasteiger charge is 2.18. The van der Waals surface area contributed by atoms with Gasteiger partial charge in [-0.2, -0.15) is 5.10 Å². The van der Waals surface area contributed by atoms with E-state index in [2.05, 4.69) is 25.7 Å². The van der Waals surface area contributed by atoms with Gasteiger partial charge in [-0.3, -0.25) is 9.89 Å². The number of aromatic nitrogens is 4. The number of hydrogen-bond donors (Lipinski definition) is 3. The van der Waals surface area contributed by atoms with E-state index >= 15 is 0 Å². The van der Waals surface area contributed by atoms with E-state index in [-0.39, 0.29) is 17.6 Å². The molecule has 3 heterocycles. The number of carbonyl (C=O) groups excluding carboxylic acids is 1. The molecule has 4 N–H and O–H groups in total. The van der Waals surface area contributed by atoms with Crippen LogP contribution in [0.1, 0.15) is 34.2 Å². The predicted octanol–water partition coefficient (Wildman–Crippen LogP) is 1.90. The Morgan fingerprint density at radius 3 is 2.91 bits per heavy atom. The average molecular weight is 318 g/mol. The molecule has 3 aromatic heterocycles. The van der Waals surface area contributed by atoms with Crippen molar-refractivity contribution >= 4 is 22.4 Å². The molecule has 9 heteroatoms. The zero-order valence-corrected chi connectivity index (χ0v) is 12.8. The number of furan rings is 1. The highest BCUT2D eigenvalue weighted by Crippen LogP contribution is 2.22. The molecule has 1 atom stereocenters. The molecule has 0 saturated heterocycles. The van der Waals surface area contributed by atoms with Crippen molar-refractivity contribution in [2.24, 2.45) is 0 Å². The quantitative estimate of drug-likeness (QED) is 0.675. The standard InChI is InChI=1S/C13H14N6O2S/c1-6-3-4-10(21-6)8-5-9(17-16-8)11(20)15-7(2)12-18-19-13(14)22-12/h3-5,7H,1-2H3,(H2,14,19)(H,15,20)(H,16,17)/t7-/m1/s1. The summed E-state index contributed by atoms with van der Waals surface area (Å²) in [6, 6.07) is 5.00. The fraction of sp³-hybridized carbons (Fsp3) is 0.231. The van der Waals surface area contributed by atoms with Crippen LogP contribution in [0.5, 0.6) is 0 Å². The van der Waals surface area contributed by atoms with Crippen molar-refractivity contribution in [1.29, 1.82) is 0 Å². The number of nitrogens with zero attached hydrogens (tertiary/aromatic N) is 3. The van der Waals surface area contributed by atoms with Crippen molar-refractivity contribution in [3.63, 3.8) is 0 Å². The minimum atomic E-state index is -0.313. The second kappa shape index (κ2) is 5.60. The van der Waals surface area contributed by atoms with E-state index in [0.29, 0.717) is 21.6 Å². The Hall–Kier alpha value is -2.68. The van der Waals surface area contributed by atoms with Gasteiger partial charge in [0.15, 0.2) is 11.5 Å². The molecule has 0 bridgehead atoms. The number of aromatic amines is 1. The van der Waals surface area contributed by atoms with Gasteiger partial charge in [0, 0.05) is 6.07 Å². The molecule has 0 aliphatic carbocycles. The fourth-order valence-corrected chi connectivity index (χ4v) is 2.51. The van der Waals surface area contributed by atoms with Crippen molar-refractivity contribution in [1.82, 2.24) is 25.7 Å². The lowest BCUT2D eigenvalue weighted by atomic mass is 10.2. The first-order valence-corrected chi connectivity index (χ1v) is 7.36. The van der Waals surface area contributed by atoms with E-state index in [9.17, 15) is 4.79 Å². The summed E-state index contributed by atoms with van der Waals surface area (Å²) < 4.78 is 5.48. The van der Waals surface area contributed by atoms with Crippen LogP contribution in [0.15, 0.2) is 22.6 Å². The van der Waals surface area contributed by atoms with Gasteiger partial charge in [-0.25, -0.2) is 0 Å². The Labute approximate surface area is 129 Å². The van der Waals surface area contributed by atoms with Gasteiger partial charge >= 0.3 is 0 Å². The lowest BCUT2D eigenvalue weighted by molar-refractivity contribution is 0.0934. The molecule has 22 heavy (non-hydrogen) atoms. The van der Waals surface area contributed by atoms with E-state index in [1.807, 2.05) is 19.1 Å². The predicted molar refractivity (Wildman–Crippen MR) is 81.2 cm³/mol. The molecular formula is C13H14N6O2S. The molecule has 114 valence electrons. The summed E-state index contributed by atoms with van der Waals surface area (Å²) in [5, 5.41) is 18.2. The first-order valence-electron chi connectivity index (χ1n) is 6.55. The maximum Gasteiger partial charge on any atom is 0.272 e. The minimum Gasteiger partial charge on any atom is -0.460 e. The lowest BCUT2D eigenvalue weighted by Gasteiger charge is -2.08. The Morgan fingerprint density at radius 2 is 2.27 bits per heavy atom. The van der Waals surface area contributed by atoms with Crippen molar-refractivity contribution < 1.29 is 9.21 Å². The number of nitrogen functional groups attached to an aromatic ring is 1. The minimum absolute atomic E-state index is 0.272. The second-order valence-electron chi connectivity index (χ2n) is 4.75. The molecule has 0 fully saturated rings. The molecule has 0 aliphatic rings. The Kier molecular flexibility index (Phi) is 3.63. The zero-order valence-electron chi connectivity index (χ0n) is 12.0. The Morgan fingerprint density at radius 1 is 1.45 bits per heavy atom. The van der Waals surface area contributed by atoms with Gasteiger partial charge in [0.1, 0.15) is 16.5 Å². The smallest absolute Gasteiger partial charge is 0.272 e. The Balaban J connectivity index is 1.71. The van der Waals surface area contributed by atoms with Crippen molar-refractivity contribution in [2.45, 2.75) is 19.9 Å². The third-order valence-corrected chi connectivity index (χ3v) is 3.93. The largest absolute Gasteiger partial charge is 0.460 e. The number of anilines is 1. The molecule has 0 aromatic carbocycles. The number of nitrogens with two attached hydrogens (primary N) is 1. The topological polar surface area (TPSA) is 123 Å². The zero-order chi connectivity index (χ0) is 15.7. The van der Waals surface area contributed by atoms with Crippen LogP contribution >= 0.6 is 11.3 Å². The molecular weight excluding hydrogens is 304 g/mol. The lowest BCUT2D eigenvalue weighted by Crippen LogP contribution is -2.26. The summed E-state index contributed by atoms with van der Waals surface area (Å²) in [7, 11) is 0. The molecule has 8 nitrogen and oxygen atoms in total. The third-order valence-electron chi connectivity index (χ3n) is 2.99. The van der Waals surface area contributed by atoms with Gasteiger partial charge in [-0.1, -0.05) is 11.3 Å². The van der Waals surface area contributed by atoms with Crippen molar-refractivity contribution in [3.05, 3.63) is 34.7 Å². The van der Waals surface area contributed by atoms with Gasteiger partial charge in [-0.05, 0) is 26.0 Å². The van der Waals surface area contributed by atoms with Crippen LogP contribution in [0.2, 0.25) is 0 Å². The monoisotopic (exact) mass is 318 g/mol. The maximum atomic E-state index is 12.2. The van der Waals surface area contributed by atoms with Gasteiger partial charge in [0.05, 0.1) is 6.04 Å². The fourth-order valence-electron chi connectivity index (χ4n) is 1.90. The van der Waals surface area contributed by atoms with E-state index in [1.165, 1.54) is 11.3 Å². The van der Waals surface area contributed by atoms with Gasteiger partial charge in [0.2, 0.25) is 5.13 Å². The Bertz CT molecular complexity index is 805. The number of hydrogen-bond acceptors (Lipinski definition) is 7. The van der Waals surface area contributed by atoms with E-state index in [4.69, 9.17) is 10.2 Å². The molecule has 0 unspecified atom stereocenters. The van der Waals surface area contributed by atoms with Crippen LogP contribution in [-0.2, 0) is 0 Å². The molecule has 0 radical (unpaired) electrons. The highest BCUT2D eigenvalue weighted by atomic mass is 32.1. The second-order valence-corrected chi connectivity index (χ2v) is 5.79. The summed E-state index contributed by atoms with van der Waals surface area (Å²) in [6.07, 6.45) is 0. The summed E-state index contributed by atoms with van der Waals surface area (Å²) >= 11 is 1.24. The summed E-state index contributed by atoms with van der Waals surface area (Å²) in [4.78, 5) is 12.2. The average Bonchev–Trinajstić information content (AvgIpc) is 3.18. The van der Waals surface area contributed by atoms with Crippen molar-refractivity contribution in [2.75, 3.05) is 5.73 Å². The van der Waals surface area contributed by atoms with Crippen molar-refractivity contribution in [3.8, 4) is 11.5 Å². The molecule has 0 saturated carbocycles. The molecule has 1 amide bonds. The van der Waals surface area contributed by atoms with Crippen LogP contribution in [0.25, 0.3) is 11.5 Å². The van der Waals surface area contributed by atoms with Gasteiger partial charge in [-0.15, -0.1) is 10.2 Å². The molecule has 3 aromatic rings. The first-order chi connectivity index (χ1) is 10.5. The number of carbonyl (C=O) groups is 1. The number of aryl methyl sites for hydroxylation is 1. The van der Waals surface area contributed by atoms with Crippen LogP contribution in [-0.4, -0.2) is 26.3 Å². The van der Waals surface area contributed by atoms with E-state index in [1.54, 1.807) is 13.0 Å². The normalized spacial score (nSPS) is 12.3. The highest BCUT2D eigenvalue weighted by molar-refractivity contribution is 7.15. The molecule has 3 rings (SSSR count). The maximum absolute atomic E-state index is 12.2. The number of rotatable bonds is 4. The van der Waals surface area contributed by atoms with Crippen LogP contribution in [0.3, 0.4) is 0 Å². The summed E-state index contributed by atoms with van der Waals surface area (Å²) in [6.45, 7) is 3.66. The first kappa shape index (κ1) is 14.3. The molecule has 0 spiro atoms. The molecule has 0 aliphatic heterocycles. The number of H-pyrrole nitrogens is 1. The van der Waals surface area contributed by atoms with Crippen LogP contribution < -0.4 is 11.1 Å². The third kappa shape index (κ3) is 2.84. The van der Waals surface area contributed by atoms with Gasteiger partial charge in [0.25, 0.3) is 5.91 Å². The van der Waals surface area contributed by atoms with E-state index in [0.717, 1.165) is 5.76 Å². The SMILES string of the molecule is Cc1ccc(-c2cc(C(=O)N[C@H](C)c3nnc(N)s3)n[nH]2)o1.